The molecule has 4 heteroatoms. The standard InChI is InChI=1S/C15H10Cl2N2/c16-12-7-6-11(8-13(12)17)15-18-9-14(19-15)10-4-2-1-3-5-10/h1-9H,(H,18,19). The zero-order valence-corrected chi connectivity index (χ0v) is 11.4. The topological polar surface area (TPSA) is 28.7 Å². The number of rotatable bonds is 2. The van der Waals surface area contributed by atoms with Gasteiger partial charge in [-0.1, -0.05) is 53.5 Å². The Morgan fingerprint density at radius 3 is 2.37 bits per heavy atom. The number of benzene rings is 2. The van der Waals surface area contributed by atoms with Crippen LogP contribution in [0.5, 0.6) is 0 Å². The van der Waals surface area contributed by atoms with Crippen LogP contribution in [-0.4, -0.2) is 9.97 Å². The second kappa shape index (κ2) is 5.08. The van der Waals surface area contributed by atoms with Gasteiger partial charge in [-0.3, -0.25) is 0 Å². The van der Waals surface area contributed by atoms with Crippen molar-refractivity contribution in [3.8, 4) is 22.6 Å². The highest BCUT2D eigenvalue weighted by Gasteiger charge is 2.07. The summed E-state index contributed by atoms with van der Waals surface area (Å²) >= 11 is 11.9. The minimum atomic E-state index is 0.525. The zero-order chi connectivity index (χ0) is 13.2. The van der Waals surface area contributed by atoms with Gasteiger partial charge in [0, 0.05) is 17.3 Å². The third-order valence-corrected chi connectivity index (χ3v) is 3.58. The maximum atomic E-state index is 6.01. The van der Waals surface area contributed by atoms with Gasteiger partial charge in [0.1, 0.15) is 5.82 Å². The van der Waals surface area contributed by atoms with E-state index in [1.807, 2.05) is 42.6 Å². The molecule has 0 aliphatic rings. The van der Waals surface area contributed by atoms with Crippen LogP contribution in [-0.2, 0) is 0 Å². The fraction of sp³-hybridized carbons (Fsp3) is 0. The normalized spacial score (nSPS) is 10.6. The summed E-state index contributed by atoms with van der Waals surface area (Å²) in [6.07, 6.45) is 1.88. The Kier molecular flexibility index (Phi) is 3.28. The molecule has 0 fully saturated rings. The van der Waals surface area contributed by atoms with Crippen LogP contribution >= 0.6 is 23.2 Å². The molecule has 0 radical (unpaired) electrons. The van der Waals surface area contributed by atoms with Crippen LogP contribution in [0.4, 0.5) is 0 Å². The van der Waals surface area contributed by atoms with E-state index in [4.69, 9.17) is 23.2 Å². The maximum Gasteiger partial charge on any atom is 0.138 e. The number of halogens is 2. The van der Waals surface area contributed by atoms with Crippen molar-refractivity contribution in [2.75, 3.05) is 0 Å². The van der Waals surface area contributed by atoms with Crippen molar-refractivity contribution in [3.05, 3.63) is 64.8 Å². The summed E-state index contributed by atoms with van der Waals surface area (Å²) in [6.45, 7) is 0. The Bertz CT molecular complexity index is 705. The van der Waals surface area contributed by atoms with Crippen LogP contribution in [0.3, 0.4) is 0 Å². The molecule has 0 bridgehead atoms. The summed E-state index contributed by atoms with van der Waals surface area (Å²) in [5.74, 6) is 0.775. The number of aromatic amines is 1. The van der Waals surface area contributed by atoms with Crippen LogP contribution in [0, 0.1) is 0 Å². The quantitative estimate of drug-likeness (QED) is 0.702. The van der Waals surface area contributed by atoms with E-state index < -0.39 is 0 Å². The first-order valence-corrected chi connectivity index (χ1v) is 6.56. The molecule has 3 rings (SSSR count). The Morgan fingerprint density at radius 2 is 1.63 bits per heavy atom. The van der Waals surface area contributed by atoms with Crippen molar-refractivity contribution >= 4 is 23.2 Å². The molecule has 3 aromatic rings. The highest BCUT2D eigenvalue weighted by atomic mass is 35.5. The van der Waals surface area contributed by atoms with Gasteiger partial charge in [-0.15, -0.1) is 0 Å². The molecule has 0 aliphatic carbocycles. The Labute approximate surface area is 121 Å². The van der Waals surface area contributed by atoms with E-state index in [0.29, 0.717) is 10.0 Å². The van der Waals surface area contributed by atoms with Gasteiger partial charge in [-0.05, 0) is 18.2 Å². The average Bonchev–Trinajstić information content (AvgIpc) is 2.93. The van der Waals surface area contributed by atoms with E-state index in [0.717, 1.165) is 22.6 Å². The van der Waals surface area contributed by atoms with Crippen molar-refractivity contribution < 1.29 is 0 Å². The number of hydrogen-bond acceptors (Lipinski definition) is 1. The van der Waals surface area contributed by atoms with Gasteiger partial charge in [-0.25, -0.2) is 4.98 Å². The second-order valence-corrected chi connectivity index (χ2v) is 4.94. The van der Waals surface area contributed by atoms with E-state index in [2.05, 4.69) is 9.97 Å². The Morgan fingerprint density at radius 1 is 0.842 bits per heavy atom. The van der Waals surface area contributed by atoms with Gasteiger partial charge in [0.15, 0.2) is 0 Å². The highest BCUT2D eigenvalue weighted by molar-refractivity contribution is 6.42. The van der Waals surface area contributed by atoms with Crippen molar-refractivity contribution in [2.45, 2.75) is 0 Å². The third kappa shape index (κ3) is 2.50. The molecule has 1 aromatic heterocycles. The lowest BCUT2D eigenvalue weighted by atomic mass is 10.2. The molecular formula is C15H10Cl2N2. The van der Waals surface area contributed by atoms with Gasteiger partial charge >= 0.3 is 0 Å². The smallest absolute Gasteiger partial charge is 0.138 e. The summed E-state index contributed by atoms with van der Waals surface area (Å²) in [5, 5.41) is 1.07. The fourth-order valence-electron chi connectivity index (χ4n) is 1.87. The third-order valence-electron chi connectivity index (χ3n) is 2.84. The molecule has 0 amide bonds. The number of aromatic nitrogens is 2. The average molecular weight is 289 g/mol. The lowest BCUT2D eigenvalue weighted by Crippen LogP contribution is -1.81. The van der Waals surface area contributed by atoms with Crippen LogP contribution in [0.15, 0.2) is 54.7 Å². The van der Waals surface area contributed by atoms with Crippen molar-refractivity contribution in [1.82, 2.24) is 9.97 Å². The molecule has 1 heterocycles. The van der Waals surface area contributed by atoms with E-state index in [1.54, 1.807) is 12.1 Å². The summed E-state index contributed by atoms with van der Waals surface area (Å²) in [6, 6.07) is 15.5. The summed E-state index contributed by atoms with van der Waals surface area (Å²) in [4.78, 5) is 7.72. The van der Waals surface area contributed by atoms with Crippen LogP contribution in [0.25, 0.3) is 22.6 Å². The molecule has 94 valence electrons. The number of nitrogens with zero attached hydrogens (tertiary/aromatic N) is 1. The first kappa shape index (κ1) is 12.3. The number of nitrogens with one attached hydrogen (secondary N) is 1. The van der Waals surface area contributed by atoms with Gasteiger partial charge in [0.2, 0.25) is 0 Å². The minimum Gasteiger partial charge on any atom is -0.344 e. The predicted octanol–water partition coefficient (Wildman–Crippen LogP) is 5.05. The molecule has 2 nitrogen and oxygen atoms in total. The van der Waals surface area contributed by atoms with Crippen LogP contribution in [0.2, 0.25) is 10.0 Å². The van der Waals surface area contributed by atoms with E-state index in [1.165, 1.54) is 0 Å². The molecule has 2 aromatic carbocycles. The van der Waals surface area contributed by atoms with Gasteiger partial charge in [0.05, 0.1) is 15.7 Å². The predicted molar refractivity (Wildman–Crippen MR) is 79.5 cm³/mol. The minimum absolute atomic E-state index is 0.525. The number of hydrogen-bond donors (Lipinski definition) is 1. The van der Waals surface area contributed by atoms with E-state index >= 15 is 0 Å². The Hall–Kier alpha value is -1.77. The largest absolute Gasteiger partial charge is 0.344 e. The molecule has 0 saturated carbocycles. The molecular weight excluding hydrogens is 279 g/mol. The molecule has 1 N–H and O–H groups in total. The van der Waals surface area contributed by atoms with Crippen LogP contribution in [0.1, 0.15) is 0 Å². The lowest BCUT2D eigenvalue weighted by Gasteiger charge is -1.99. The molecule has 0 unspecified atom stereocenters. The van der Waals surface area contributed by atoms with Gasteiger partial charge < -0.3 is 4.98 Å². The maximum absolute atomic E-state index is 6.01. The molecule has 0 atom stereocenters. The summed E-state index contributed by atoms with van der Waals surface area (Å²) in [5.41, 5.74) is 2.89. The SMILES string of the molecule is Clc1ccc(-c2nc(-c3ccccc3)c[nH]2)cc1Cl. The Balaban J connectivity index is 1.99. The first-order valence-electron chi connectivity index (χ1n) is 5.80. The molecule has 0 aliphatic heterocycles. The van der Waals surface area contributed by atoms with Gasteiger partial charge in [0.25, 0.3) is 0 Å². The molecule has 19 heavy (non-hydrogen) atoms. The lowest BCUT2D eigenvalue weighted by molar-refractivity contribution is 1.31. The van der Waals surface area contributed by atoms with Gasteiger partial charge in [-0.2, -0.15) is 0 Å². The molecule has 0 spiro atoms. The molecule has 0 saturated heterocycles. The second-order valence-electron chi connectivity index (χ2n) is 4.13. The van der Waals surface area contributed by atoms with Crippen molar-refractivity contribution in [3.63, 3.8) is 0 Å². The zero-order valence-electron chi connectivity index (χ0n) is 9.90. The highest BCUT2D eigenvalue weighted by Crippen LogP contribution is 2.28. The monoisotopic (exact) mass is 288 g/mol. The van der Waals surface area contributed by atoms with Crippen molar-refractivity contribution in [2.24, 2.45) is 0 Å². The first-order chi connectivity index (χ1) is 9.24. The van der Waals surface area contributed by atoms with E-state index in [9.17, 15) is 0 Å². The fourth-order valence-corrected chi connectivity index (χ4v) is 2.17. The van der Waals surface area contributed by atoms with Crippen LogP contribution < -0.4 is 0 Å². The summed E-state index contributed by atoms with van der Waals surface area (Å²) in [7, 11) is 0. The summed E-state index contributed by atoms with van der Waals surface area (Å²) < 4.78 is 0. The van der Waals surface area contributed by atoms with Crippen molar-refractivity contribution in [1.29, 1.82) is 0 Å². The number of imidazole rings is 1. The number of H-pyrrole nitrogens is 1. The van der Waals surface area contributed by atoms with E-state index in [-0.39, 0.29) is 0 Å².